The lowest BCUT2D eigenvalue weighted by Gasteiger charge is -2.41. The molecule has 1 amide bonds. The molecule has 0 aliphatic carbocycles. The Morgan fingerprint density at radius 2 is 1.65 bits per heavy atom. The van der Waals surface area contributed by atoms with E-state index < -0.39 is 0 Å². The average molecular weight is 525 g/mol. The minimum Gasteiger partial charge on any atom is -0.449 e. The number of rotatable bonds is 19. The fourth-order valence-corrected chi connectivity index (χ4v) is 5.77. The number of amides is 1. The molecule has 0 rings (SSSR count). The third-order valence-corrected chi connectivity index (χ3v) is 7.92. The van der Waals surface area contributed by atoms with E-state index in [1.165, 1.54) is 0 Å². The summed E-state index contributed by atoms with van der Waals surface area (Å²) in [6.07, 6.45) is 8.72. The van der Waals surface area contributed by atoms with Crippen LogP contribution in [0.25, 0.3) is 0 Å². The zero-order valence-electron chi connectivity index (χ0n) is 26.6. The van der Waals surface area contributed by atoms with Gasteiger partial charge in [-0.3, -0.25) is 0 Å². The van der Waals surface area contributed by atoms with E-state index in [-0.39, 0.29) is 34.5 Å². The molecule has 0 aliphatic rings. The van der Waals surface area contributed by atoms with Crippen molar-refractivity contribution in [1.29, 1.82) is 0 Å². The highest BCUT2D eigenvalue weighted by Crippen LogP contribution is 2.36. The lowest BCUT2D eigenvalue weighted by Crippen LogP contribution is -2.49. The molecule has 0 heterocycles. The first-order valence-electron chi connectivity index (χ1n) is 15.0. The molecule has 5 nitrogen and oxygen atoms in total. The van der Waals surface area contributed by atoms with Crippen LogP contribution >= 0.6 is 0 Å². The first-order valence-corrected chi connectivity index (χ1v) is 15.0. The van der Waals surface area contributed by atoms with Gasteiger partial charge < -0.3 is 20.1 Å². The summed E-state index contributed by atoms with van der Waals surface area (Å²) in [5.41, 5.74) is 5.70. The fraction of sp³-hybridized carbons (Fsp3) is 0.906. The average Bonchev–Trinajstić information content (AvgIpc) is 2.80. The first-order chi connectivity index (χ1) is 17.1. The highest BCUT2D eigenvalue weighted by Gasteiger charge is 2.37. The molecule has 3 unspecified atom stereocenters. The van der Waals surface area contributed by atoms with Crippen LogP contribution in [-0.4, -0.2) is 48.9 Å². The number of carbonyl (C=O) groups excluding carboxylic acids is 1. The molecule has 0 saturated heterocycles. The van der Waals surface area contributed by atoms with E-state index in [9.17, 15) is 4.79 Å². The summed E-state index contributed by atoms with van der Waals surface area (Å²) in [6, 6.07) is 0.00886. The first kappa shape index (κ1) is 35.9. The number of hydrogen-bond acceptors (Lipinski definition) is 4. The molecule has 5 heteroatoms. The van der Waals surface area contributed by atoms with Gasteiger partial charge in [-0.2, -0.15) is 0 Å². The van der Waals surface area contributed by atoms with Crippen molar-refractivity contribution in [2.45, 2.75) is 133 Å². The Morgan fingerprint density at radius 1 is 1.03 bits per heavy atom. The molecule has 0 fully saturated rings. The number of unbranched alkanes of at least 4 members (excludes halogenated alkanes) is 1. The summed E-state index contributed by atoms with van der Waals surface area (Å²) in [6.45, 7) is 30.6. The minimum absolute atomic E-state index is 0.00886. The molecule has 2 N–H and O–H groups in total. The summed E-state index contributed by atoms with van der Waals surface area (Å²) < 4.78 is 12.3. The van der Waals surface area contributed by atoms with E-state index in [2.05, 4.69) is 88.8 Å². The van der Waals surface area contributed by atoms with Crippen molar-refractivity contribution in [1.82, 2.24) is 4.90 Å². The van der Waals surface area contributed by atoms with Gasteiger partial charge in [-0.25, -0.2) is 4.79 Å². The predicted octanol–water partition coefficient (Wildman–Crippen LogP) is 8.46. The third-order valence-electron chi connectivity index (χ3n) is 7.92. The predicted molar refractivity (Wildman–Crippen MR) is 160 cm³/mol. The van der Waals surface area contributed by atoms with Crippen LogP contribution < -0.4 is 5.73 Å². The number of nitrogens with zero attached hydrogens (tertiary/aromatic N) is 1. The second kappa shape index (κ2) is 16.8. The highest BCUT2D eigenvalue weighted by atomic mass is 16.6. The second-order valence-corrected chi connectivity index (χ2v) is 13.7. The molecule has 37 heavy (non-hydrogen) atoms. The normalized spacial score (nSPS) is 16.1. The Labute approximate surface area is 231 Å². The Morgan fingerprint density at radius 3 is 2.11 bits per heavy atom. The van der Waals surface area contributed by atoms with E-state index in [0.717, 1.165) is 44.9 Å². The molecule has 0 aromatic heterocycles. The fourth-order valence-electron chi connectivity index (χ4n) is 5.77. The molecular formula is C32H64N2O3. The number of carbonyl (C=O) groups is 1. The summed E-state index contributed by atoms with van der Waals surface area (Å²) in [7, 11) is 0. The molecule has 0 saturated carbocycles. The molecule has 0 radical (unpaired) electrons. The molecule has 220 valence electrons. The second-order valence-electron chi connectivity index (χ2n) is 13.7. The third kappa shape index (κ3) is 14.0. The molecule has 4 atom stereocenters. The summed E-state index contributed by atoms with van der Waals surface area (Å²) in [5, 5.41) is 0. The summed E-state index contributed by atoms with van der Waals surface area (Å²) in [4.78, 5) is 15.8. The van der Waals surface area contributed by atoms with Crippen LogP contribution in [0.2, 0.25) is 0 Å². The Bertz CT molecular complexity index is 638. The van der Waals surface area contributed by atoms with Crippen molar-refractivity contribution >= 4 is 6.09 Å². The van der Waals surface area contributed by atoms with Crippen molar-refractivity contribution in [3.63, 3.8) is 0 Å². The molecule has 0 aliphatic heterocycles. The molecular weight excluding hydrogens is 460 g/mol. The van der Waals surface area contributed by atoms with Gasteiger partial charge in [0.1, 0.15) is 0 Å². The van der Waals surface area contributed by atoms with Crippen LogP contribution in [-0.2, 0) is 9.47 Å². The van der Waals surface area contributed by atoms with Gasteiger partial charge in [0, 0.05) is 18.5 Å². The van der Waals surface area contributed by atoms with Gasteiger partial charge in [-0.05, 0) is 68.7 Å². The highest BCUT2D eigenvalue weighted by molar-refractivity contribution is 5.68. The lowest BCUT2D eigenvalue weighted by molar-refractivity contribution is -0.0386. The quantitative estimate of drug-likeness (QED) is 0.136. The zero-order chi connectivity index (χ0) is 28.9. The SMILES string of the molecule is C=CC(C(CC)C(C)CC)[C@H](CCCCN)N(CCOC(C)(C)CC)C(=O)OCC(C)(C)CC(C)(C)C. The molecule has 0 spiro atoms. The van der Waals surface area contributed by atoms with E-state index in [1.807, 2.05) is 4.90 Å². The van der Waals surface area contributed by atoms with Crippen molar-refractivity contribution in [2.75, 3.05) is 26.3 Å². The summed E-state index contributed by atoms with van der Waals surface area (Å²) >= 11 is 0. The van der Waals surface area contributed by atoms with Gasteiger partial charge in [0.2, 0.25) is 0 Å². The number of ether oxygens (including phenoxy) is 2. The van der Waals surface area contributed by atoms with Crippen LogP contribution in [0.1, 0.15) is 121 Å². The standard InChI is InChI=1S/C32H64N2O3/c1-13-25(5)26(14-2)27(15-3)28(19-17-18-20-33)34(21-22-37-32(11,12)16-4)29(35)36-24-31(9,10)23-30(6,7)8/h15,25-28H,3,13-14,16-24,33H2,1-2,4-12H3/t25?,26?,27?,28-/m0/s1. The molecule has 0 aromatic rings. The van der Waals surface area contributed by atoms with Crippen LogP contribution in [0, 0.1) is 28.6 Å². The van der Waals surface area contributed by atoms with Crippen LogP contribution in [0.4, 0.5) is 4.79 Å². The van der Waals surface area contributed by atoms with Gasteiger partial charge in [-0.15, -0.1) is 6.58 Å². The number of nitrogens with two attached hydrogens (primary N) is 1. The molecule has 0 aromatic carbocycles. The van der Waals surface area contributed by atoms with Gasteiger partial charge in [0.05, 0.1) is 18.8 Å². The topological polar surface area (TPSA) is 64.8 Å². The van der Waals surface area contributed by atoms with E-state index in [1.54, 1.807) is 0 Å². The Hall–Kier alpha value is -1.07. The summed E-state index contributed by atoms with van der Waals surface area (Å²) in [5.74, 6) is 1.18. The maximum Gasteiger partial charge on any atom is 0.410 e. The van der Waals surface area contributed by atoms with Crippen molar-refractivity contribution < 1.29 is 14.3 Å². The maximum atomic E-state index is 13.8. The van der Waals surface area contributed by atoms with Crippen LogP contribution in [0.3, 0.4) is 0 Å². The Balaban J connectivity index is 6.14. The van der Waals surface area contributed by atoms with Crippen molar-refractivity contribution in [2.24, 2.45) is 34.3 Å². The smallest absolute Gasteiger partial charge is 0.410 e. The number of hydrogen-bond donors (Lipinski definition) is 1. The van der Waals surface area contributed by atoms with Crippen molar-refractivity contribution in [3.05, 3.63) is 12.7 Å². The van der Waals surface area contributed by atoms with Gasteiger partial charge in [0.15, 0.2) is 0 Å². The van der Waals surface area contributed by atoms with Crippen molar-refractivity contribution in [3.8, 4) is 0 Å². The Kier molecular flexibility index (Phi) is 16.3. The molecule has 0 bridgehead atoms. The van der Waals surface area contributed by atoms with Gasteiger partial charge in [-0.1, -0.05) is 87.7 Å². The monoisotopic (exact) mass is 524 g/mol. The van der Waals surface area contributed by atoms with Crippen LogP contribution in [0.15, 0.2) is 12.7 Å². The van der Waals surface area contributed by atoms with Gasteiger partial charge >= 0.3 is 6.09 Å². The van der Waals surface area contributed by atoms with Gasteiger partial charge in [0.25, 0.3) is 0 Å². The van der Waals surface area contributed by atoms with E-state index in [4.69, 9.17) is 15.2 Å². The lowest BCUT2D eigenvalue weighted by atomic mass is 9.74. The minimum atomic E-state index is -0.233. The zero-order valence-corrected chi connectivity index (χ0v) is 26.6. The van der Waals surface area contributed by atoms with Crippen LogP contribution in [0.5, 0.6) is 0 Å². The maximum absolute atomic E-state index is 13.8. The van der Waals surface area contributed by atoms with E-state index >= 15 is 0 Å². The largest absolute Gasteiger partial charge is 0.449 e. The van der Waals surface area contributed by atoms with E-state index in [0.29, 0.717) is 38.1 Å².